The van der Waals surface area contributed by atoms with Crippen molar-refractivity contribution in [2.24, 2.45) is 0 Å². The predicted molar refractivity (Wildman–Crippen MR) is 89.6 cm³/mol. The molecule has 0 saturated carbocycles. The van der Waals surface area contributed by atoms with Gasteiger partial charge in [0.1, 0.15) is 11.3 Å². The first-order chi connectivity index (χ1) is 12.0. The van der Waals surface area contributed by atoms with Crippen LogP contribution in [0.2, 0.25) is 0 Å². The summed E-state index contributed by atoms with van der Waals surface area (Å²) in [5, 5.41) is 9.77. The van der Waals surface area contributed by atoms with Crippen LogP contribution in [0.15, 0.2) is 60.2 Å². The van der Waals surface area contributed by atoms with Gasteiger partial charge in [-0.1, -0.05) is 30.3 Å². The third-order valence-corrected chi connectivity index (χ3v) is 3.46. The molecule has 0 spiro atoms. The molecule has 3 rings (SSSR count). The second-order valence-electron chi connectivity index (χ2n) is 5.23. The molecule has 126 valence electrons. The van der Waals surface area contributed by atoms with Crippen molar-refractivity contribution in [3.63, 3.8) is 0 Å². The number of carbonyl (C=O) groups is 3. The number of hydrazine groups is 1. The lowest BCUT2D eigenvalue weighted by Gasteiger charge is -2.13. The number of carboxylic acids is 1. The number of benzene rings is 2. The van der Waals surface area contributed by atoms with Gasteiger partial charge in [-0.2, -0.15) is 0 Å². The Hall–Kier alpha value is -3.61. The lowest BCUT2D eigenvalue weighted by molar-refractivity contribution is -0.139. The van der Waals surface area contributed by atoms with Crippen molar-refractivity contribution in [1.82, 2.24) is 5.43 Å². The predicted octanol–water partition coefficient (Wildman–Crippen LogP) is 1.61. The minimum absolute atomic E-state index is 0.0167. The molecule has 7 heteroatoms. The smallest absolute Gasteiger partial charge is 0.341 e. The molecule has 1 aliphatic rings. The molecular formula is C18H14N2O5. The molecule has 1 fully saturated rings. The van der Waals surface area contributed by atoms with Crippen LogP contribution >= 0.6 is 0 Å². The Morgan fingerprint density at radius 3 is 2.40 bits per heavy atom. The van der Waals surface area contributed by atoms with Gasteiger partial charge in [-0.15, -0.1) is 0 Å². The zero-order valence-corrected chi connectivity index (χ0v) is 13.0. The summed E-state index contributed by atoms with van der Waals surface area (Å²) in [6.45, 7) is -0.437. The fourth-order valence-corrected chi connectivity index (χ4v) is 2.29. The first-order valence-corrected chi connectivity index (χ1v) is 7.41. The van der Waals surface area contributed by atoms with E-state index in [0.717, 1.165) is 0 Å². The Labute approximate surface area is 143 Å². The molecule has 2 aromatic carbocycles. The molecule has 2 amide bonds. The molecule has 25 heavy (non-hydrogen) atoms. The Morgan fingerprint density at radius 2 is 1.76 bits per heavy atom. The van der Waals surface area contributed by atoms with Crippen LogP contribution in [0.1, 0.15) is 5.56 Å². The standard InChI is InChI=1S/C18H14N2O5/c21-16(22)11-25-14-8-6-12(7-9-14)10-15-17(23)19-20(18(15)24)13-4-2-1-3-5-13/h1-10H,11H2,(H,19,23)(H,21,22). The number of rotatable bonds is 5. The Morgan fingerprint density at radius 1 is 1.08 bits per heavy atom. The number of nitrogens with zero attached hydrogens (tertiary/aromatic N) is 1. The van der Waals surface area contributed by atoms with Crippen molar-refractivity contribution in [3.8, 4) is 5.75 Å². The molecule has 0 atom stereocenters. The zero-order chi connectivity index (χ0) is 17.8. The minimum Gasteiger partial charge on any atom is -0.482 e. The molecule has 7 nitrogen and oxygen atoms in total. The summed E-state index contributed by atoms with van der Waals surface area (Å²) in [6, 6.07) is 15.2. The van der Waals surface area contributed by atoms with E-state index < -0.39 is 24.4 Å². The van der Waals surface area contributed by atoms with Gasteiger partial charge in [0.2, 0.25) is 0 Å². The summed E-state index contributed by atoms with van der Waals surface area (Å²) in [5.74, 6) is -1.61. The molecule has 1 aliphatic heterocycles. The van der Waals surface area contributed by atoms with Crippen LogP contribution in [-0.4, -0.2) is 29.5 Å². The molecule has 0 aliphatic carbocycles. The average Bonchev–Trinajstić information content (AvgIpc) is 2.90. The lowest BCUT2D eigenvalue weighted by atomic mass is 10.1. The highest BCUT2D eigenvalue weighted by atomic mass is 16.5. The monoisotopic (exact) mass is 338 g/mol. The molecule has 0 unspecified atom stereocenters. The number of amides is 2. The summed E-state index contributed by atoms with van der Waals surface area (Å²) >= 11 is 0. The Bertz CT molecular complexity index is 844. The Balaban J connectivity index is 1.78. The first-order valence-electron chi connectivity index (χ1n) is 7.41. The SMILES string of the molecule is O=C(O)COc1ccc(C=C2C(=O)NN(c3ccccc3)C2=O)cc1. The van der Waals surface area contributed by atoms with Gasteiger partial charge in [0.25, 0.3) is 11.8 Å². The van der Waals surface area contributed by atoms with Crippen LogP contribution in [-0.2, 0) is 14.4 Å². The van der Waals surface area contributed by atoms with Gasteiger partial charge < -0.3 is 9.84 Å². The highest BCUT2D eigenvalue weighted by Crippen LogP contribution is 2.22. The number of aliphatic carboxylic acids is 1. The van der Waals surface area contributed by atoms with E-state index in [0.29, 0.717) is 17.0 Å². The van der Waals surface area contributed by atoms with E-state index in [9.17, 15) is 14.4 Å². The fraction of sp³-hybridized carbons (Fsp3) is 0.0556. The van der Waals surface area contributed by atoms with E-state index in [1.807, 2.05) is 6.07 Å². The summed E-state index contributed by atoms with van der Waals surface area (Å²) in [4.78, 5) is 35.0. The quantitative estimate of drug-likeness (QED) is 0.638. The molecule has 2 N–H and O–H groups in total. The van der Waals surface area contributed by atoms with Crippen LogP contribution in [0.4, 0.5) is 5.69 Å². The third-order valence-electron chi connectivity index (χ3n) is 3.46. The van der Waals surface area contributed by atoms with Gasteiger partial charge in [0.15, 0.2) is 6.61 Å². The average molecular weight is 338 g/mol. The lowest BCUT2D eigenvalue weighted by Crippen LogP contribution is -2.35. The number of carboxylic acid groups (broad SMARTS) is 1. The number of anilines is 1. The van der Waals surface area contributed by atoms with Crippen molar-refractivity contribution in [2.75, 3.05) is 11.6 Å². The highest BCUT2D eigenvalue weighted by Gasteiger charge is 2.34. The number of hydrogen-bond acceptors (Lipinski definition) is 4. The molecule has 1 heterocycles. The summed E-state index contributed by atoms with van der Waals surface area (Å²) < 4.78 is 5.03. The van der Waals surface area contributed by atoms with E-state index >= 15 is 0 Å². The third kappa shape index (κ3) is 3.66. The number of para-hydroxylation sites is 1. The first kappa shape index (κ1) is 16.3. The number of nitrogens with one attached hydrogen (secondary N) is 1. The molecule has 0 aromatic heterocycles. The Kier molecular flexibility index (Phi) is 4.47. The zero-order valence-electron chi connectivity index (χ0n) is 13.0. The van der Waals surface area contributed by atoms with E-state index in [-0.39, 0.29) is 5.57 Å². The normalized spacial score (nSPS) is 15.4. The largest absolute Gasteiger partial charge is 0.482 e. The van der Waals surface area contributed by atoms with Gasteiger partial charge in [0.05, 0.1) is 5.69 Å². The van der Waals surface area contributed by atoms with Crippen molar-refractivity contribution < 1.29 is 24.2 Å². The van der Waals surface area contributed by atoms with Crippen LogP contribution in [0, 0.1) is 0 Å². The van der Waals surface area contributed by atoms with Crippen LogP contribution < -0.4 is 15.2 Å². The van der Waals surface area contributed by atoms with E-state index in [4.69, 9.17) is 9.84 Å². The summed E-state index contributed by atoms with van der Waals surface area (Å²) in [6.07, 6.45) is 1.47. The highest BCUT2D eigenvalue weighted by molar-refractivity contribution is 6.31. The summed E-state index contributed by atoms with van der Waals surface area (Å²) in [7, 11) is 0. The fourth-order valence-electron chi connectivity index (χ4n) is 2.29. The molecule has 0 bridgehead atoms. The minimum atomic E-state index is -1.07. The van der Waals surface area contributed by atoms with Crippen LogP contribution in [0.3, 0.4) is 0 Å². The van der Waals surface area contributed by atoms with Gasteiger partial charge >= 0.3 is 5.97 Å². The van der Waals surface area contributed by atoms with E-state index in [1.165, 1.54) is 11.1 Å². The van der Waals surface area contributed by atoms with Crippen molar-refractivity contribution >= 4 is 29.5 Å². The van der Waals surface area contributed by atoms with Gasteiger partial charge in [-0.05, 0) is 35.9 Å². The molecule has 1 saturated heterocycles. The summed E-state index contributed by atoms with van der Waals surface area (Å²) in [5.41, 5.74) is 3.73. The number of hydrogen-bond donors (Lipinski definition) is 2. The van der Waals surface area contributed by atoms with Crippen LogP contribution in [0.5, 0.6) is 5.75 Å². The van der Waals surface area contributed by atoms with Crippen molar-refractivity contribution in [2.45, 2.75) is 0 Å². The molecule has 2 aromatic rings. The molecular weight excluding hydrogens is 324 g/mol. The van der Waals surface area contributed by atoms with Crippen molar-refractivity contribution in [3.05, 3.63) is 65.7 Å². The number of ether oxygens (including phenoxy) is 1. The van der Waals surface area contributed by atoms with Gasteiger partial charge in [0, 0.05) is 0 Å². The van der Waals surface area contributed by atoms with E-state index in [1.54, 1.807) is 48.5 Å². The van der Waals surface area contributed by atoms with Gasteiger partial charge in [-0.3, -0.25) is 15.0 Å². The second kappa shape index (κ2) is 6.88. The number of carbonyl (C=O) groups excluding carboxylic acids is 2. The van der Waals surface area contributed by atoms with Gasteiger partial charge in [-0.25, -0.2) is 9.80 Å². The second-order valence-corrected chi connectivity index (χ2v) is 5.23. The van der Waals surface area contributed by atoms with Crippen LogP contribution in [0.25, 0.3) is 6.08 Å². The van der Waals surface area contributed by atoms with Crippen molar-refractivity contribution in [1.29, 1.82) is 0 Å². The maximum absolute atomic E-state index is 12.4. The topological polar surface area (TPSA) is 95.9 Å². The maximum atomic E-state index is 12.4. The van der Waals surface area contributed by atoms with E-state index in [2.05, 4.69) is 5.43 Å². The molecule has 0 radical (unpaired) electrons. The maximum Gasteiger partial charge on any atom is 0.341 e.